The van der Waals surface area contributed by atoms with Crippen molar-refractivity contribution in [3.63, 3.8) is 0 Å². The van der Waals surface area contributed by atoms with E-state index in [0.29, 0.717) is 0 Å². The molecule has 15 heavy (non-hydrogen) atoms. The minimum absolute atomic E-state index is 1.25. The van der Waals surface area contributed by atoms with Crippen LogP contribution in [0.5, 0.6) is 0 Å². The fourth-order valence-corrected chi connectivity index (χ4v) is 1.21. The van der Waals surface area contributed by atoms with E-state index in [1.165, 1.54) is 6.42 Å². The summed E-state index contributed by atoms with van der Waals surface area (Å²) in [5.41, 5.74) is 0. The van der Waals surface area contributed by atoms with Crippen LogP contribution < -0.4 is 0 Å². The molecule has 1 fully saturated rings. The molecule has 0 aromatic heterocycles. The van der Waals surface area contributed by atoms with Crippen LogP contribution in [0.1, 0.15) is 20.3 Å². The third-order valence-corrected chi connectivity index (χ3v) is 2.10. The van der Waals surface area contributed by atoms with Gasteiger partial charge in [-0.25, -0.2) is 0 Å². The average Bonchev–Trinajstić information content (AvgIpc) is 2.22. The molecule has 6 nitrogen and oxygen atoms in total. The Morgan fingerprint density at radius 1 is 0.533 bits per heavy atom. The highest BCUT2D eigenvalue weighted by molar-refractivity contribution is 4.98. The number of rotatable bonds is 0. The second-order valence-electron chi connectivity index (χ2n) is 3.65. The molecule has 6 N–H and O–H groups in total. The van der Waals surface area contributed by atoms with Crippen LogP contribution >= 0.6 is 0 Å². The van der Waals surface area contributed by atoms with Gasteiger partial charge in [-0.1, -0.05) is 20.3 Å². The van der Waals surface area contributed by atoms with Crippen LogP contribution in [0, 0.1) is 0 Å². The molecule has 1 aliphatic rings. The number of aliphatic hydroxyl groups excluding tert-OH is 6. The molecular formula is C9H20O6. The van der Waals surface area contributed by atoms with Crippen LogP contribution in [0.4, 0.5) is 0 Å². The summed E-state index contributed by atoms with van der Waals surface area (Å²) in [4.78, 5) is 0. The van der Waals surface area contributed by atoms with E-state index in [2.05, 4.69) is 13.8 Å². The summed E-state index contributed by atoms with van der Waals surface area (Å²) in [6.45, 7) is 4.25. The molecule has 0 aliphatic heterocycles. The lowest BCUT2D eigenvalue weighted by Crippen LogP contribution is -2.63. The van der Waals surface area contributed by atoms with Crippen molar-refractivity contribution >= 4 is 0 Å². The van der Waals surface area contributed by atoms with E-state index >= 15 is 0 Å². The zero-order valence-corrected chi connectivity index (χ0v) is 8.85. The van der Waals surface area contributed by atoms with Gasteiger partial charge in [0.25, 0.3) is 0 Å². The van der Waals surface area contributed by atoms with Gasteiger partial charge in [0.15, 0.2) is 0 Å². The van der Waals surface area contributed by atoms with Crippen molar-refractivity contribution in [1.82, 2.24) is 0 Å². The standard InChI is InChI=1S/C6H12O6.C3H8/c7-1-2(8)4(10)6(12)5(11)3(1)9;1-3-2/h1-12H;3H2,1-2H3/t1-,2-,3-,4+,5-,6-;. The monoisotopic (exact) mass is 224 g/mol. The van der Waals surface area contributed by atoms with Crippen molar-refractivity contribution in [3.05, 3.63) is 0 Å². The minimum Gasteiger partial charge on any atom is -0.387 e. The minimum atomic E-state index is -1.64. The van der Waals surface area contributed by atoms with Crippen molar-refractivity contribution in [3.8, 4) is 0 Å². The van der Waals surface area contributed by atoms with Crippen molar-refractivity contribution in [2.24, 2.45) is 0 Å². The van der Waals surface area contributed by atoms with Gasteiger partial charge in [-0.05, 0) is 0 Å². The summed E-state index contributed by atoms with van der Waals surface area (Å²) in [7, 11) is 0. The predicted molar refractivity (Wildman–Crippen MR) is 52.0 cm³/mol. The Kier molecular flexibility index (Phi) is 6.26. The summed E-state index contributed by atoms with van der Waals surface area (Å²) in [5.74, 6) is 0. The predicted octanol–water partition coefficient (Wildman–Crippen LogP) is -2.42. The fourth-order valence-electron chi connectivity index (χ4n) is 1.21. The summed E-state index contributed by atoms with van der Waals surface area (Å²) in [5, 5.41) is 53.8. The molecule has 0 heterocycles. The molecule has 0 atom stereocenters. The highest BCUT2D eigenvalue weighted by Gasteiger charge is 2.47. The summed E-state index contributed by atoms with van der Waals surface area (Å²) < 4.78 is 0. The van der Waals surface area contributed by atoms with E-state index in [9.17, 15) is 0 Å². The molecule has 1 rings (SSSR count). The molecule has 0 aromatic rings. The molecule has 0 spiro atoms. The second kappa shape index (κ2) is 6.37. The Bertz CT molecular complexity index is 117. The molecule has 0 unspecified atom stereocenters. The van der Waals surface area contributed by atoms with Crippen LogP contribution in [-0.4, -0.2) is 67.3 Å². The van der Waals surface area contributed by atoms with Gasteiger partial charge in [-0.2, -0.15) is 0 Å². The van der Waals surface area contributed by atoms with Gasteiger partial charge in [-0.15, -0.1) is 0 Å². The molecule has 0 bridgehead atoms. The quantitative estimate of drug-likeness (QED) is 0.272. The van der Waals surface area contributed by atoms with E-state index in [1.807, 2.05) is 0 Å². The SMILES string of the molecule is CCC.O[C@H]1[C@H](O)[C@@H](O)[C@H](O)[C@@H](O)[C@H]1O. The van der Waals surface area contributed by atoms with E-state index < -0.39 is 36.6 Å². The molecule has 1 aliphatic carbocycles. The highest BCUT2D eigenvalue weighted by atomic mass is 16.4. The van der Waals surface area contributed by atoms with Gasteiger partial charge in [0, 0.05) is 0 Å². The summed E-state index contributed by atoms with van der Waals surface area (Å²) in [6.07, 6.45) is -8.59. The van der Waals surface area contributed by atoms with Crippen molar-refractivity contribution in [2.45, 2.75) is 56.9 Å². The van der Waals surface area contributed by atoms with Crippen LogP contribution in [0.3, 0.4) is 0 Å². The zero-order valence-electron chi connectivity index (χ0n) is 8.85. The van der Waals surface area contributed by atoms with Gasteiger partial charge in [0.2, 0.25) is 0 Å². The van der Waals surface area contributed by atoms with Gasteiger partial charge < -0.3 is 30.6 Å². The van der Waals surface area contributed by atoms with Crippen molar-refractivity contribution in [1.29, 1.82) is 0 Å². The van der Waals surface area contributed by atoms with Crippen LogP contribution in [0.25, 0.3) is 0 Å². The molecule has 0 aromatic carbocycles. The number of hydrogen-bond acceptors (Lipinski definition) is 6. The summed E-state index contributed by atoms with van der Waals surface area (Å²) in [6, 6.07) is 0. The first kappa shape index (κ1) is 14.8. The Morgan fingerprint density at radius 2 is 0.600 bits per heavy atom. The lowest BCUT2D eigenvalue weighted by molar-refractivity contribution is -0.223. The Hall–Kier alpha value is -0.240. The Morgan fingerprint density at radius 3 is 0.667 bits per heavy atom. The van der Waals surface area contributed by atoms with E-state index in [4.69, 9.17) is 30.6 Å². The van der Waals surface area contributed by atoms with Gasteiger partial charge in [0.1, 0.15) is 36.6 Å². The third kappa shape index (κ3) is 3.37. The number of aliphatic hydroxyl groups is 6. The first-order chi connectivity index (χ1) is 6.88. The maximum Gasteiger partial charge on any atom is 0.111 e. The molecule has 0 saturated heterocycles. The van der Waals surface area contributed by atoms with Gasteiger partial charge in [-0.3, -0.25) is 0 Å². The highest BCUT2D eigenvalue weighted by Crippen LogP contribution is 2.20. The molecule has 1 saturated carbocycles. The van der Waals surface area contributed by atoms with Crippen LogP contribution in [0.15, 0.2) is 0 Å². The molecule has 6 heteroatoms. The average molecular weight is 224 g/mol. The Balaban J connectivity index is 0.000000583. The van der Waals surface area contributed by atoms with Gasteiger partial charge in [0.05, 0.1) is 0 Å². The first-order valence-corrected chi connectivity index (χ1v) is 4.96. The van der Waals surface area contributed by atoms with Crippen molar-refractivity contribution < 1.29 is 30.6 Å². The molecule has 0 radical (unpaired) electrons. The maximum absolute atomic E-state index is 8.97. The number of hydrogen-bond donors (Lipinski definition) is 6. The smallest absolute Gasteiger partial charge is 0.111 e. The lowest BCUT2D eigenvalue weighted by Gasteiger charge is -2.39. The lowest BCUT2D eigenvalue weighted by atomic mass is 9.85. The van der Waals surface area contributed by atoms with E-state index in [1.54, 1.807) is 0 Å². The van der Waals surface area contributed by atoms with Crippen LogP contribution in [0.2, 0.25) is 0 Å². The van der Waals surface area contributed by atoms with Crippen LogP contribution in [-0.2, 0) is 0 Å². The fraction of sp³-hybridized carbons (Fsp3) is 1.00. The molecule has 92 valence electrons. The van der Waals surface area contributed by atoms with E-state index in [-0.39, 0.29) is 0 Å². The third-order valence-electron chi connectivity index (χ3n) is 2.10. The maximum atomic E-state index is 8.97. The topological polar surface area (TPSA) is 121 Å². The van der Waals surface area contributed by atoms with Gasteiger partial charge >= 0.3 is 0 Å². The largest absolute Gasteiger partial charge is 0.387 e. The summed E-state index contributed by atoms with van der Waals surface area (Å²) >= 11 is 0. The van der Waals surface area contributed by atoms with E-state index in [0.717, 1.165) is 0 Å². The van der Waals surface area contributed by atoms with Crippen molar-refractivity contribution in [2.75, 3.05) is 0 Å². The zero-order chi connectivity index (χ0) is 12.2. The second-order valence-corrected chi connectivity index (χ2v) is 3.65. The normalized spacial score (nSPS) is 45.6. The molecule has 0 amide bonds. The Labute approximate surface area is 88.4 Å². The molecular weight excluding hydrogens is 204 g/mol. The first-order valence-electron chi connectivity index (χ1n) is 4.96.